The van der Waals surface area contributed by atoms with Gasteiger partial charge in [-0.2, -0.15) is 0 Å². The van der Waals surface area contributed by atoms with Crippen LogP contribution in [0.3, 0.4) is 0 Å². The van der Waals surface area contributed by atoms with E-state index in [1.165, 1.54) is 12.1 Å². The van der Waals surface area contributed by atoms with Crippen LogP contribution >= 0.6 is 15.9 Å². The Balaban J connectivity index is 2.36. The number of nitrogens with one attached hydrogen (secondary N) is 2. The van der Waals surface area contributed by atoms with E-state index in [-0.39, 0.29) is 17.8 Å². The first kappa shape index (κ1) is 17.1. The molecule has 0 spiro atoms. The predicted octanol–water partition coefficient (Wildman–Crippen LogP) is 3.40. The quantitative estimate of drug-likeness (QED) is 0.795. The van der Waals surface area contributed by atoms with Gasteiger partial charge in [0.2, 0.25) is 5.91 Å². The molecule has 0 aliphatic heterocycles. The molecule has 2 N–H and O–H groups in total. The number of benzene rings is 1. The average Bonchev–Trinajstić information content (AvgIpc) is 2.36. The number of carbonyl (C=O) groups is 1. The van der Waals surface area contributed by atoms with E-state index < -0.39 is 0 Å². The second-order valence-corrected chi connectivity index (χ2v) is 6.14. The second-order valence-electron chi connectivity index (χ2n) is 5.29. The smallest absolute Gasteiger partial charge is 0.221 e. The molecule has 1 rings (SSSR count). The maximum Gasteiger partial charge on any atom is 0.221 e. The van der Waals surface area contributed by atoms with E-state index in [0.29, 0.717) is 25.4 Å². The molecule has 5 heteroatoms. The Labute approximate surface area is 128 Å². The third-order valence-corrected chi connectivity index (χ3v) is 3.63. The third-order valence-electron chi connectivity index (χ3n) is 2.94. The summed E-state index contributed by atoms with van der Waals surface area (Å²) in [5.41, 5.74) is 0.981. The lowest BCUT2D eigenvalue weighted by atomic mass is 10.1. The lowest BCUT2D eigenvalue weighted by Gasteiger charge is -2.16. The van der Waals surface area contributed by atoms with Crippen LogP contribution in [0.4, 0.5) is 4.39 Å². The molecule has 0 saturated heterocycles. The Morgan fingerprint density at radius 3 is 2.65 bits per heavy atom. The Hall–Kier alpha value is -0.940. The fourth-order valence-electron chi connectivity index (χ4n) is 1.77. The lowest BCUT2D eigenvalue weighted by molar-refractivity contribution is -0.121. The van der Waals surface area contributed by atoms with E-state index in [4.69, 9.17) is 0 Å². The Kier molecular flexibility index (Phi) is 7.16. The number of amides is 1. The fraction of sp³-hybridized carbons (Fsp3) is 0.533. The van der Waals surface area contributed by atoms with E-state index in [9.17, 15) is 9.18 Å². The van der Waals surface area contributed by atoms with Gasteiger partial charge >= 0.3 is 0 Å². The molecule has 3 nitrogen and oxygen atoms in total. The van der Waals surface area contributed by atoms with E-state index in [1.807, 2.05) is 6.92 Å². The van der Waals surface area contributed by atoms with Gasteiger partial charge in [0.25, 0.3) is 0 Å². The molecular weight excluding hydrogens is 323 g/mol. The molecule has 1 unspecified atom stereocenters. The molecule has 0 aliphatic carbocycles. The van der Waals surface area contributed by atoms with Crippen molar-refractivity contribution in [2.24, 2.45) is 5.92 Å². The molecule has 1 amide bonds. The third kappa shape index (κ3) is 6.01. The van der Waals surface area contributed by atoms with Crippen molar-refractivity contribution in [1.82, 2.24) is 10.6 Å². The second kappa shape index (κ2) is 8.37. The van der Waals surface area contributed by atoms with E-state index in [1.54, 1.807) is 6.07 Å². The molecule has 0 fully saturated rings. The summed E-state index contributed by atoms with van der Waals surface area (Å²) < 4.78 is 13.8. The monoisotopic (exact) mass is 344 g/mol. The summed E-state index contributed by atoms with van der Waals surface area (Å²) in [6, 6.07) is 4.69. The molecule has 0 radical (unpaired) electrons. The van der Waals surface area contributed by atoms with Crippen LogP contribution < -0.4 is 10.6 Å². The van der Waals surface area contributed by atoms with Crippen LogP contribution in [0.5, 0.6) is 0 Å². The minimum atomic E-state index is -0.263. The fourth-order valence-corrected chi connectivity index (χ4v) is 2.47. The van der Waals surface area contributed by atoms with Crippen LogP contribution in [0.25, 0.3) is 0 Å². The number of carbonyl (C=O) groups excluding carboxylic acids is 1. The van der Waals surface area contributed by atoms with E-state index in [0.717, 1.165) is 10.0 Å². The van der Waals surface area contributed by atoms with Gasteiger partial charge in [-0.3, -0.25) is 4.79 Å². The average molecular weight is 345 g/mol. The summed E-state index contributed by atoms with van der Waals surface area (Å²) in [6.07, 6.45) is 0.440. The van der Waals surface area contributed by atoms with Gasteiger partial charge in [-0.05, 0) is 30.5 Å². The lowest BCUT2D eigenvalue weighted by Crippen LogP contribution is -2.31. The van der Waals surface area contributed by atoms with Gasteiger partial charge in [-0.1, -0.05) is 35.8 Å². The highest BCUT2D eigenvalue weighted by molar-refractivity contribution is 9.10. The van der Waals surface area contributed by atoms with Gasteiger partial charge in [0, 0.05) is 30.0 Å². The van der Waals surface area contributed by atoms with Gasteiger partial charge in [-0.25, -0.2) is 4.39 Å². The summed E-state index contributed by atoms with van der Waals surface area (Å²) in [7, 11) is 0. The minimum absolute atomic E-state index is 0.0524. The molecule has 1 atom stereocenters. The summed E-state index contributed by atoms with van der Waals surface area (Å²) in [5.74, 6) is 0.249. The maximum absolute atomic E-state index is 13.0. The molecule has 1 aromatic carbocycles. The molecule has 0 aromatic heterocycles. The minimum Gasteiger partial charge on any atom is -0.356 e. The number of hydrogen-bond donors (Lipinski definition) is 2. The Bertz CT molecular complexity index is 451. The topological polar surface area (TPSA) is 41.1 Å². The summed E-state index contributed by atoms with van der Waals surface area (Å²) >= 11 is 3.35. The normalized spacial score (nSPS) is 12.5. The largest absolute Gasteiger partial charge is 0.356 e. The first-order chi connectivity index (χ1) is 9.40. The highest BCUT2D eigenvalue weighted by atomic mass is 79.9. The van der Waals surface area contributed by atoms with Gasteiger partial charge in [0.1, 0.15) is 5.82 Å². The summed E-state index contributed by atoms with van der Waals surface area (Å²) in [4.78, 5) is 11.6. The molecule has 112 valence electrons. The molecule has 1 aromatic rings. The van der Waals surface area contributed by atoms with Crippen molar-refractivity contribution in [3.8, 4) is 0 Å². The first-order valence-corrected chi connectivity index (χ1v) is 7.64. The van der Waals surface area contributed by atoms with Crippen LogP contribution in [-0.2, 0) is 4.79 Å². The zero-order chi connectivity index (χ0) is 15.1. The zero-order valence-electron chi connectivity index (χ0n) is 12.2. The van der Waals surface area contributed by atoms with Crippen molar-refractivity contribution < 1.29 is 9.18 Å². The molecule has 0 saturated carbocycles. The first-order valence-electron chi connectivity index (χ1n) is 6.85. The van der Waals surface area contributed by atoms with Crippen LogP contribution in [0.2, 0.25) is 0 Å². The maximum atomic E-state index is 13.0. The standard InChI is InChI=1S/C15H22BrFN2O/c1-10(2)9-19-15(20)6-7-18-11(3)13-5-4-12(17)8-14(13)16/h4-5,8,10-11,18H,6-7,9H2,1-3H3,(H,19,20). The van der Waals surface area contributed by atoms with Crippen molar-refractivity contribution in [3.63, 3.8) is 0 Å². The number of rotatable bonds is 7. The van der Waals surface area contributed by atoms with Crippen LogP contribution in [0.15, 0.2) is 22.7 Å². The molecule has 0 aliphatic rings. The highest BCUT2D eigenvalue weighted by Crippen LogP contribution is 2.23. The summed E-state index contributed by atoms with van der Waals surface area (Å²) in [5, 5.41) is 6.14. The van der Waals surface area contributed by atoms with Crippen molar-refractivity contribution in [2.45, 2.75) is 33.2 Å². The number of hydrogen-bond acceptors (Lipinski definition) is 2. The van der Waals surface area contributed by atoms with E-state index in [2.05, 4.69) is 40.4 Å². The Morgan fingerprint density at radius 1 is 1.35 bits per heavy atom. The van der Waals surface area contributed by atoms with E-state index >= 15 is 0 Å². The van der Waals surface area contributed by atoms with Crippen molar-refractivity contribution in [2.75, 3.05) is 13.1 Å². The molecule has 0 bridgehead atoms. The van der Waals surface area contributed by atoms with Crippen LogP contribution in [-0.4, -0.2) is 19.0 Å². The van der Waals surface area contributed by atoms with Crippen LogP contribution in [0, 0.1) is 11.7 Å². The Morgan fingerprint density at radius 2 is 2.05 bits per heavy atom. The van der Waals surface area contributed by atoms with Crippen molar-refractivity contribution >= 4 is 21.8 Å². The highest BCUT2D eigenvalue weighted by Gasteiger charge is 2.10. The van der Waals surface area contributed by atoms with Gasteiger partial charge < -0.3 is 10.6 Å². The zero-order valence-corrected chi connectivity index (χ0v) is 13.8. The molecule has 20 heavy (non-hydrogen) atoms. The summed E-state index contributed by atoms with van der Waals surface area (Å²) in [6.45, 7) is 7.41. The molecule has 0 heterocycles. The SMILES string of the molecule is CC(C)CNC(=O)CCNC(C)c1ccc(F)cc1Br. The van der Waals surface area contributed by atoms with Crippen LogP contribution in [0.1, 0.15) is 38.8 Å². The van der Waals surface area contributed by atoms with Gasteiger partial charge in [0.05, 0.1) is 0 Å². The predicted molar refractivity (Wildman–Crippen MR) is 83.0 cm³/mol. The molecular formula is C15H22BrFN2O. The van der Waals surface area contributed by atoms with Crippen molar-refractivity contribution in [3.05, 3.63) is 34.1 Å². The number of halogens is 2. The van der Waals surface area contributed by atoms with Gasteiger partial charge in [-0.15, -0.1) is 0 Å². The van der Waals surface area contributed by atoms with Gasteiger partial charge in [0.15, 0.2) is 0 Å². The van der Waals surface area contributed by atoms with Crippen molar-refractivity contribution in [1.29, 1.82) is 0 Å².